The Kier molecular flexibility index (Phi) is 7.87. The summed E-state index contributed by atoms with van der Waals surface area (Å²) in [5, 5.41) is 10.7. The molecular formula is C25H32O7. The predicted molar refractivity (Wildman–Crippen MR) is 119 cm³/mol. The van der Waals surface area contributed by atoms with E-state index in [2.05, 4.69) is 0 Å². The molecule has 1 aliphatic heterocycles. The molecule has 1 saturated heterocycles. The van der Waals surface area contributed by atoms with Crippen molar-refractivity contribution in [2.75, 3.05) is 20.3 Å². The fourth-order valence-corrected chi connectivity index (χ4v) is 3.90. The van der Waals surface area contributed by atoms with Gasteiger partial charge < -0.3 is 24.1 Å². The lowest BCUT2D eigenvalue weighted by Crippen LogP contribution is -2.42. The summed E-state index contributed by atoms with van der Waals surface area (Å²) in [4.78, 5) is 24.7. The second-order valence-corrected chi connectivity index (χ2v) is 8.95. The third kappa shape index (κ3) is 5.85. The molecule has 4 atom stereocenters. The minimum absolute atomic E-state index is 0.0586. The number of hydrogen-bond donors (Lipinski definition) is 1. The van der Waals surface area contributed by atoms with Crippen LogP contribution in [0.3, 0.4) is 0 Å². The Morgan fingerprint density at radius 1 is 1.25 bits per heavy atom. The summed E-state index contributed by atoms with van der Waals surface area (Å²) in [7, 11) is 1.63. The van der Waals surface area contributed by atoms with Crippen LogP contribution < -0.4 is 4.74 Å². The number of ketones is 1. The van der Waals surface area contributed by atoms with Crippen molar-refractivity contribution in [1.29, 1.82) is 0 Å². The highest BCUT2D eigenvalue weighted by Crippen LogP contribution is 2.34. The van der Waals surface area contributed by atoms with Gasteiger partial charge in [-0.1, -0.05) is 32.0 Å². The molecule has 1 aromatic rings. The Labute approximate surface area is 189 Å². The van der Waals surface area contributed by atoms with E-state index in [9.17, 15) is 14.7 Å². The quantitative estimate of drug-likeness (QED) is 0.532. The number of para-hydroxylation sites is 1. The van der Waals surface area contributed by atoms with Crippen LogP contribution >= 0.6 is 0 Å². The molecule has 0 radical (unpaired) electrons. The molecule has 32 heavy (non-hydrogen) atoms. The first-order chi connectivity index (χ1) is 15.2. The number of ether oxygens (including phenoxy) is 4. The van der Waals surface area contributed by atoms with Gasteiger partial charge in [-0.25, -0.2) is 4.79 Å². The van der Waals surface area contributed by atoms with Gasteiger partial charge in [-0.2, -0.15) is 0 Å². The first-order valence-electron chi connectivity index (χ1n) is 10.9. The second kappa shape index (κ2) is 10.4. The van der Waals surface area contributed by atoms with Crippen molar-refractivity contribution in [2.24, 2.45) is 5.41 Å². The van der Waals surface area contributed by atoms with Gasteiger partial charge in [0.1, 0.15) is 30.2 Å². The number of Topliss-reactive ketones (excluding diaryl/α,β-unsaturated/α-hetero) is 1. The topological polar surface area (TPSA) is 91.3 Å². The Hall–Kier alpha value is -2.48. The fraction of sp³-hybridized carbons (Fsp3) is 0.520. The van der Waals surface area contributed by atoms with E-state index >= 15 is 0 Å². The fourth-order valence-electron chi connectivity index (χ4n) is 3.90. The lowest BCUT2D eigenvalue weighted by Gasteiger charge is -2.31. The van der Waals surface area contributed by atoms with E-state index in [1.54, 1.807) is 34.0 Å². The van der Waals surface area contributed by atoms with Gasteiger partial charge in [0.05, 0.1) is 13.2 Å². The van der Waals surface area contributed by atoms with Crippen LogP contribution in [-0.4, -0.2) is 61.6 Å². The molecular weight excluding hydrogens is 412 g/mol. The monoisotopic (exact) mass is 444 g/mol. The number of allylic oxidation sites excluding steroid dienone is 1. The van der Waals surface area contributed by atoms with Crippen molar-refractivity contribution < 1.29 is 33.6 Å². The molecule has 1 aromatic carbocycles. The lowest BCUT2D eigenvalue weighted by atomic mass is 9.80. The number of aliphatic hydroxyl groups excluding tert-OH is 1. The van der Waals surface area contributed by atoms with Crippen LogP contribution in [0.2, 0.25) is 0 Å². The number of methoxy groups -OCH3 is 1. The molecule has 4 unspecified atom stereocenters. The van der Waals surface area contributed by atoms with Gasteiger partial charge in [-0.05, 0) is 30.7 Å². The summed E-state index contributed by atoms with van der Waals surface area (Å²) in [6, 6.07) is 7.39. The average Bonchev–Trinajstić information content (AvgIpc) is 2.83. The number of carbonyl (C=O) groups excluding carboxylic acids is 2. The molecule has 3 rings (SSSR count). The van der Waals surface area contributed by atoms with Crippen molar-refractivity contribution >= 4 is 17.8 Å². The summed E-state index contributed by atoms with van der Waals surface area (Å²) in [5.74, 6) is -0.0435. The van der Waals surface area contributed by atoms with Gasteiger partial charge in [-0.15, -0.1) is 0 Å². The van der Waals surface area contributed by atoms with Crippen LogP contribution in [0.4, 0.5) is 0 Å². The van der Waals surface area contributed by atoms with Crippen LogP contribution in [0.5, 0.6) is 5.75 Å². The molecule has 1 fully saturated rings. The zero-order valence-corrected chi connectivity index (χ0v) is 19.1. The van der Waals surface area contributed by atoms with Gasteiger partial charge in [0.15, 0.2) is 5.78 Å². The summed E-state index contributed by atoms with van der Waals surface area (Å²) in [5.41, 5.74) is 0.496. The Morgan fingerprint density at radius 2 is 2.00 bits per heavy atom. The average molecular weight is 445 g/mol. The maximum atomic E-state index is 12.5. The van der Waals surface area contributed by atoms with Gasteiger partial charge >= 0.3 is 5.97 Å². The summed E-state index contributed by atoms with van der Waals surface area (Å²) in [6.45, 7) is 6.32. The summed E-state index contributed by atoms with van der Waals surface area (Å²) in [6.07, 6.45) is 3.15. The van der Waals surface area contributed by atoms with E-state index in [4.69, 9.17) is 18.9 Å². The van der Waals surface area contributed by atoms with Gasteiger partial charge in [0.2, 0.25) is 0 Å². The van der Waals surface area contributed by atoms with Crippen molar-refractivity contribution in [2.45, 2.75) is 58.0 Å². The van der Waals surface area contributed by atoms with Crippen molar-refractivity contribution in [3.05, 3.63) is 47.6 Å². The highest BCUT2D eigenvalue weighted by molar-refractivity contribution is 5.96. The molecule has 174 valence electrons. The van der Waals surface area contributed by atoms with E-state index in [1.165, 1.54) is 12.2 Å². The molecule has 0 bridgehead atoms. The molecule has 0 saturated carbocycles. The van der Waals surface area contributed by atoms with Crippen LogP contribution in [0, 0.1) is 5.41 Å². The van der Waals surface area contributed by atoms with Crippen LogP contribution in [-0.2, 0) is 23.8 Å². The molecule has 0 spiro atoms. The molecule has 1 aliphatic carbocycles. The van der Waals surface area contributed by atoms with E-state index in [-0.39, 0.29) is 24.4 Å². The SMILES string of the molecule is COC1COCCC1Oc1ccccc1C=CC(=O)OC1C=C(C)C(=O)CC(C)(C)C1O. The minimum atomic E-state index is -0.989. The maximum absolute atomic E-state index is 12.5. The standard InChI is InChI=1S/C25H32O7/c1-16-13-21(24(28)25(2,3)14-18(16)26)32-23(27)10-9-17-7-5-6-8-19(17)31-20-11-12-30-15-22(20)29-4/h5-10,13,20-22,24,28H,11-12,14-15H2,1-4H3. The molecule has 1 heterocycles. The zero-order chi connectivity index (χ0) is 23.3. The van der Waals surface area contributed by atoms with Gasteiger partial charge in [-0.3, -0.25) is 4.79 Å². The molecule has 7 nitrogen and oxygen atoms in total. The zero-order valence-electron chi connectivity index (χ0n) is 19.1. The van der Waals surface area contributed by atoms with Crippen LogP contribution in [0.25, 0.3) is 6.08 Å². The summed E-state index contributed by atoms with van der Waals surface area (Å²) < 4.78 is 22.6. The van der Waals surface area contributed by atoms with E-state index in [1.807, 2.05) is 24.3 Å². The maximum Gasteiger partial charge on any atom is 0.331 e. The minimum Gasteiger partial charge on any atom is -0.487 e. The number of hydrogen-bond acceptors (Lipinski definition) is 7. The van der Waals surface area contributed by atoms with Crippen molar-refractivity contribution in [3.63, 3.8) is 0 Å². The normalized spacial score (nSPS) is 28.2. The highest BCUT2D eigenvalue weighted by atomic mass is 16.6. The Bertz CT molecular complexity index is 886. The Balaban J connectivity index is 1.71. The first kappa shape index (κ1) is 24.2. The molecule has 0 amide bonds. The first-order valence-corrected chi connectivity index (χ1v) is 10.9. The van der Waals surface area contributed by atoms with Crippen molar-refractivity contribution in [3.8, 4) is 5.75 Å². The number of aliphatic hydroxyl groups is 1. The van der Waals surface area contributed by atoms with E-state index in [0.29, 0.717) is 31.0 Å². The third-order valence-electron chi connectivity index (χ3n) is 5.98. The van der Waals surface area contributed by atoms with Crippen molar-refractivity contribution in [1.82, 2.24) is 0 Å². The molecule has 2 aliphatic rings. The van der Waals surface area contributed by atoms with Crippen LogP contribution in [0.15, 0.2) is 42.0 Å². The number of carbonyl (C=O) groups is 2. The largest absolute Gasteiger partial charge is 0.487 e. The summed E-state index contributed by atoms with van der Waals surface area (Å²) >= 11 is 0. The highest BCUT2D eigenvalue weighted by Gasteiger charge is 2.40. The predicted octanol–water partition coefficient (Wildman–Crippen LogP) is 3.10. The second-order valence-electron chi connectivity index (χ2n) is 8.95. The van der Waals surface area contributed by atoms with E-state index in [0.717, 1.165) is 5.56 Å². The lowest BCUT2D eigenvalue weighted by molar-refractivity contribution is -0.149. The molecule has 7 heteroatoms. The molecule has 0 aromatic heterocycles. The van der Waals surface area contributed by atoms with Gasteiger partial charge in [0.25, 0.3) is 0 Å². The number of rotatable bonds is 6. The van der Waals surface area contributed by atoms with Gasteiger partial charge in [0, 0.05) is 37.0 Å². The number of benzene rings is 1. The van der Waals surface area contributed by atoms with Crippen LogP contribution in [0.1, 0.15) is 39.2 Å². The van der Waals surface area contributed by atoms with E-state index < -0.39 is 23.6 Å². The smallest absolute Gasteiger partial charge is 0.331 e. The molecule has 1 N–H and O–H groups in total. The Morgan fingerprint density at radius 3 is 2.75 bits per heavy atom. The third-order valence-corrected chi connectivity index (χ3v) is 5.98. The number of esters is 1.